The summed E-state index contributed by atoms with van der Waals surface area (Å²) in [6, 6.07) is 15.8. The molecule has 0 radical (unpaired) electrons. The van der Waals surface area contributed by atoms with Crippen molar-refractivity contribution < 1.29 is 9.47 Å². The molecule has 0 fully saturated rings. The minimum Gasteiger partial charge on any atom is -0.494 e. The fourth-order valence-electron chi connectivity index (χ4n) is 2.15. The van der Waals surface area contributed by atoms with Gasteiger partial charge in [-0.1, -0.05) is 30.8 Å². The van der Waals surface area contributed by atoms with E-state index in [2.05, 4.69) is 16.9 Å². The highest BCUT2D eigenvalue weighted by atomic mass is 32.2. The maximum Gasteiger partial charge on any atom is 0.166 e. The van der Waals surface area contributed by atoms with E-state index in [0.29, 0.717) is 6.61 Å². The Balaban J connectivity index is 1.44. The lowest BCUT2D eigenvalue weighted by molar-refractivity contribution is 0.314. The third-order valence-corrected chi connectivity index (χ3v) is 4.09. The maximum atomic E-state index is 5.74. The predicted octanol–water partition coefficient (Wildman–Crippen LogP) is 4.52. The first-order valence-corrected chi connectivity index (χ1v) is 8.77. The van der Waals surface area contributed by atoms with Gasteiger partial charge in [-0.3, -0.25) is 0 Å². The van der Waals surface area contributed by atoms with Crippen LogP contribution in [0.1, 0.15) is 13.3 Å². The standard InChI is InChI=1S/C18H20N2O2S/c1-2-11-21-14-7-9-15(10-8-14)22-12-13-23-18-19-16-5-3-4-6-17(16)20-18/h3-10H,2,11-13H2,1H3,(H,19,20). The number of nitrogens with one attached hydrogen (secondary N) is 1. The van der Waals surface area contributed by atoms with Crippen LogP contribution in [0.3, 0.4) is 0 Å². The number of imidazole rings is 1. The number of nitrogens with zero attached hydrogens (tertiary/aromatic N) is 1. The zero-order valence-corrected chi connectivity index (χ0v) is 13.9. The molecule has 4 nitrogen and oxygen atoms in total. The van der Waals surface area contributed by atoms with Crippen LogP contribution in [0, 0.1) is 0 Å². The normalized spacial score (nSPS) is 10.8. The van der Waals surface area contributed by atoms with E-state index in [9.17, 15) is 0 Å². The summed E-state index contributed by atoms with van der Waals surface area (Å²) in [6.45, 7) is 3.47. The molecule has 0 saturated carbocycles. The number of aromatic amines is 1. The van der Waals surface area contributed by atoms with Crippen molar-refractivity contribution in [2.45, 2.75) is 18.5 Å². The largest absolute Gasteiger partial charge is 0.494 e. The average molecular weight is 328 g/mol. The molecule has 1 N–H and O–H groups in total. The first-order chi connectivity index (χ1) is 11.3. The number of ether oxygens (including phenoxy) is 2. The summed E-state index contributed by atoms with van der Waals surface area (Å²) >= 11 is 1.66. The first kappa shape index (κ1) is 15.7. The molecule has 2 aromatic carbocycles. The number of rotatable bonds is 8. The zero-order chi connectivity index (χ0) is 15.9. The van der Waals surface area contributed by atoms with Gasteiger partial charge in [0.15, 0.2) is 5.16 Å². The summed E-state index contributed by atoms with van der Waals surface area (Å²) in [5, 5.41) is 0.929. The molecule has 3 aromatic rings. The maximum absolute atomic E-state index is 5.74. The van der Waals surface area contributed by atoms with Gasteiger partial charge in [-0.2, -0.15) is 0 Å². The van der Waals surface area contributed by atoms with Gasteiger partial charge in [-0.15, -0.1) is 0 Å². The Hall–Kier alpha value is -2.14. The monoisotopic (exact) mass is 328 g/mol. The number of H-pyrrole nitrogens is 1. The number of fused-ring (bicyclic) bond motifs is 1. The number of hydrogen-bond donors (Lipinski definition) is 1. The fraction of sp³-hybridized carbons (Fsp3) is 0.278. The quantitative estimate of drug-likeness (QED) is 0.488. The van der Waals surface area contributed by atoms with Gasteiger partial charge in [-0.25, -0.2) is 4.98 Å². The van der Waals surface area contributed by atoms with Crippen molar-refractivity contribution in [1.82, 2.24) is 9.97 Å². The smallest absolute Gasteiger partial charge is 0.166 e. The van der Waals surface area contributed by atoms with E-state index >= 15 is 0 Å². The van der Waals surface area contributed by atoms with Crippen LogP contribution >= 0.6 is 11.8 Å². The number of hydrogen-bond acceptors (Lipinski definition) is 4. The van der Waals surface area contributed by atoms with Crippen molar-refractivity contribution in [2.24, 2.45) is 0 Å². The Labute approximate surface area is 140 Å². The van der Waals surface area contributed by atoms with E-state index in [1.807, 2.05) is 48.5 Å². The Morgan fingerprint density at radius 3 is 2.35 bits per heavy atom. The number of aromatic nitrogens is 2. The van der Waals surface area contributed by atoms with Crippen LogP contribution in [0.25, 0.3) is 11.0 Å². The lowest BCUT2D eigenvalue weighted by atomic mass is 10.3. The Morgan fingerprint density at radius 2 is 1.65 bits per heavy atom. The molecule has 0 aliphatic heterocycles. The molecule has 1 aromatic heterocycles. The average Bonchev–Trinajstić information content (AvgIpc) is 3.01. The Kier molecular flexibility index (Phi) is 5.42. The summed E-state index contributed by atoms with van der Waals surface area (Å²) in [4.78, 5) is 7.83. The SMILES string of the molecule is CCCOc1ccc(OCCSc2nc3ccccc3[nH]2)cc1. The highest BCUT2D eigenvalue weighted by molar-refractivity contribution is 7.99. The van der Waals surface area contributed by atoms with Gasteiger partial charge in [0, 0.05) is 5.75 Å². The topological polar surface area (TPSA) is 47.1 Å². The van der Waals surface area contributed by atoms with Crippen molar-refractivity contribution in [1.29, 1.82) is 0 Å². The predicted molar refractivity (Wildman–Crippen MR) is 94.5 cm³/mol. The van der Waals surface area contributed by atoms with Crippen LogP contribution in [-0.4, -0.2) is 28.9 Å². The molecule has 0 atom stereocenters. The van der Waals surface area contributed by atoms with Gasteiger partial charge in [0.25, 0.3) is 0 Å². The summed E-state index contributed by atoms with van der Waals surface area (Å²) in [6.07, 6.45) is 1.01. The van der Waals surface area contributed by atoms with E-state index in [-0.39, 0.29) is 0 Å². The molecular weight excluding hydrogens is 308 g/mol. The molecule has 0 unspecified atom stereocenters. The second-order valence-electron chi connectivity index (χ2n) is 5.08. The summed E-state index contributed by atoms with van der Waals surface area (Å²) in [5.41, 5.74) is 2.07. The Bertz CT molecular complexity index is 707. The molecule has 5 heteroatoms. The van der Waals surface area contributed by atoms with Crippen molar-refractivity contribution in [3.63, 3.8) is 0 Å². The third-order valence-electron chi connectivity index (χ3n) is 3.26. The second kappa shape index (κ2) is 7.92. The molecule has 0 bridgehead atoms. The molecule has 0 amide bonds. The van der Waals surface area contributed by atoms with Crippen molar-refractivity contribution in [3.05, 3.63) is 48.5 Å². The Morgan fingerprint density at radius 1 is 0.957 bits per heavy atom. The van der Waals surface area contributed by atoms with Gasteiger partial charge < -0.3 is 14.5 Å². The molecule has 0 spiro atoms. The van der Waals surface area contributed by atoms with E-state index < -0.39 is 0 Å². The molecule has 120 valence electrons. The van der Waals surface area contributed by atoms with E-state index in [0.717, 1.165) is 46.5 Å². The van der Waals surface area contributed by atoms with Crippen molar-refractivity contribution in [2.75, 3.05) is 19.0 Å². The molecular formula is C18H20N2O2S. The van der Waals surface area contributed by atoms with Crippen molar-refractivity contribution >= 4 is 22.8 Å². The highest BCUT2D eigenvalue weighted by Crippen LogP contribution is 2.20. The fourth-order valence-corrected chi connectivity index (χ4v) is 2.85. The summed E-state index contributed by atoms with van der Waals surface area (Å²) in [7, 11) is 0. The van der Waals surface area contributed by atoms with Crippen LogP contribution in [0.4, 0.5) is 0 Å². The van der Waals surface area contributed by atoms with Gasteiger partial charge in [0.1, 0.15) is 11.5 Å². The van der Waals surface area contributed by atoms with Gasteiger partial charge in [0.05, 0.1) is 24.2 Å². The lowest BCUT2D eigenvalue weighted by Crippen LogP contribution is -2.00. The zero-order valence-electron chi connectivity index (χ0n) is 13.1. The van der Waals surface area contributed by atoms with Crippen LogP contribution in [0.2, 0.25) is 0 Å². The molecule has 23 heavy (non-hydrogen) atoms. The van der Waals surface area contributed by atoms with Gasteiger partial charge in [0.2, 0.25) is 0 Å². The van der Waals surface area contributed by atoms with E-state index in [4.69, 9.17) is 9.47 Å². The molecule has 0 saturated heterocycles. The van der Waals surface area contributed by atoms with Gasteiger partial charge >= 0.3 is 0 Å². The summed E-state index contributed by atoms with van der Waals surface area (Å²) < 4.78 is 11.3. The number of benzene rings is 2. The lowest BCUT2D eigenvalue weighted by Gasteiger charge is -2.07. The van der Waals surface area contributed by atoms with Crippen LogP contribution in [0.5, 0.6) is 11.5 Å². The van der Waals surface area contributed by atoms with E-state index in [1.165, 1.54) is 0 Å². The van der Waals surface area contributed by atoms with E-state index in [1.54, 1.807) is 11.8 Å². The first-order valence-electron chi connectivity index (χ1n) is 7.78. The molecule has 0 aliphatic carbocycles. The van der Waals surface area contributed by atoms with Gasteiger partial charge in [-0.05, 0) is 42.8 Å². The molecule has 1 heterocycles. The van der Waals surface area contributed by atoms with Crippen molar-refractivity contribution in [3.8, 4) is 11.5 Å². The number of thioether (sulfide) groups is 1. The number of para-hydroxylation sites is 2. The highest BCUT2D eigenvalue weighted by Gasteiger charge is 2.02. The van der Waals surface area contributed by atoms with Crippen LogP contribution < -0.4 is 9.47 Å². The second-order valence-corrected chi connectivity index (χ2v) is 6.16. The minimum atomic E-state index is 0.636. The molecule has 0 aliphatic rings. The summed E-state index contributed by atoms with van der Waals surface area (Å²) in [5.74, 6) is 2.59. The molecule has 3 rings (SSSR count). The minimum absolute atomic E-state index is 0.636. The third kappa shape index (κ3) is 4.42. The van der Waals surface area contributed by atoms with Crippen LogP contribution in [0.15, 0.2) is 53.7 Å². The van der Waals surface area contributed by atoms with Crippen LogP contribution in [-0.2, 0) is 0 Å².